The summed E-state index contributed by atoms with van der Waals surface area (Å²) in [6.07, 6.45) is 0.965. The summed E-state index contributed by atoms with van der Waals surface area (Å²) in [7, 11) is 0. The zero-order valence-electron chi connectivity index (χ0n) is 6.78. The Morgan fingerprint density at radius 1 is 1.55 bits per heavy atom. The van der Waals surface area contributed by atoms with Crippen LogP contribution in [0.15, 0.2) is 0 Å². The van der Waals surface area contributed by atoms with Crippen molar-refractivity contribution in [2.45, 2.75) is 26.3 Å². The third-order valence-electron chi connectivity index (χ3n) is 1.68. The molecule has 0 fully saturated rings. The Morgan fingerprint density at radius 3 is 2.55 bits per heavy atom. The van der Waals surface area contributed by atoms with Crippen LogP contribution in [0.25, 0.3) is 0 Å². The quantitative estimate of drug-likeness (QED) is 0.648. The molecule has 62 valence electrons. The second-order valence-electron chi connectivity index (χ2n) is 2.53. The fraction of sp³-hybridized carbons (Fsp3) is 0.667. The molecule has 0 saturated carbocycles. The lowest BCUT2D eigenvalue weighted by Gasteiger charge is -2.08. The predicted molar refractivity (Wildman–Crippen MR) is 43.8 cm³/mol. The summed E-state index contributed by atoms with van der Waals surface area (Å²) in [5.74, 6) is 0.625. The Labute approximate surface area is 65.4 Å². The molecule has 1 rings (SSSR count). The minimum absolute atomic E-state index is 0.239. The van der Waals surface area contributed by atoms with Crippen LogP contribution in [0.4, 0.5) is 11.9 Å². The first-order valence-electron chi connectivity index (χ1n) is 3.62. The topological polar surface area (TPSA) is 82.8 Å². The maximum Gasteiger partial charge on any atom is 0.241 e. The summed E-state index contributed by atoms with van der Waals surface area (Å²) in [6.45, 7) is 4.08. The van der Waals surface area contributed by atoms with Crippen molar-refractivity contribution in [3.05, 3.63) is 0 Å². The van der Waals surface area contributed by atoms with E-state index in [0.717, 1.165) is 6.42 Å². The van der Waals surface area contributed by atoms with Gasteiger partial charge in [0.1, 0.15) is 0 Å². The summed E-state index contributed by atoms with van der Waals surface area (Å²) in [5.41, 5.74) is 10.9. The number of nitrogens with zero attached hydrogens (tertiary/aromatic N) is 3. The lowest BCUT2D eigenvalue weighted by atomic mass is 10.3. The van der Waals surface area contributed by atoms with Gasteiger partial charge in [0.05, 0.1) is 6.04 Å². The molecule has 0 aliphatic rings. The number of aromatic nitrogens is 3. The summed E-state index contributed by atoms with van der Waals surface area (Å²) in [4.78, 5) is 3.79. The fourth-order valence-corrected chi connectivity index (χ4v) is 0.850. The van der Waals surface area contributed by atoms with Crippen LogP contribution in [0.5, 0.6) is 0 Å². The van der Waals surface area contributed by atoms with Crippen LogP contribution in [0.2, 0.25) is 0 Å². The predicted octanol–water partition coefficient (Wildman–Crippen LogP) is 0.414. The van der Waals surface area contributed by atoms with E-state index in [1.807, 2.05) is 6.92 Å². The van der Waals surface area contributed by atoms with Crippen LogP contribution in [-0.2, 0) is 0 Å². The van der Waals surface area contributed by atoms with Gasteiger partial charge in [-0.15, -0.1) is 5.10 Å². The van der Waals surface area contributed by atoms with Crippen molar-refractivity contribution in [2.24, 2.45) is 0 Å². The molecule has 5 heteroatoms. The Hall–Kier alpha value is -1.26. The van der Waals surface area contributed by atoms with Crippen LogP contribution >= 0.6 is 0 Å². The minimum Gasteiger partial charge on any atom is -0.368 e. The number of hydrogen-bond acceptors (Lipinski definition) is 4. The van der Waals surface area contributed by atoms with E-state index in [2.05, 4.69) is 17.0 Å². The maximum absolute atomic E-state index is 5.53. The molecule has 11 heavy (non-hydrogen) atoms. The first-order chi connectivity index (χ1) is 5.15. The monoisotopic (exact) mass is 155 g/mol. The second-order valence-corrected chi connectivity index (χ2v) is 2.53. The molecule has 0 unspecified atom stereocenters. The smallest absolute Gasteiger partial charge is 0.241 e. The molecule has 1 aromatic rings. The molecular weight excluding hydrogens is 142 g/mol. The summed E-state index contributed by atoms with van der Waals surface area (Å²) in [5, 5.41) is 3.94. The van der Waals surface area contributed by atoms with E-state index < -0.39 is 0 Å². The van der Waals surface area contributed by atoms with E-state index in [-0.39, 0.29) is 12.0 Å². The van der Waals surface area contributed by atoms with Gasteiger partial charge in [-0.3, -0.25) is 0 Å². The molecule has 0 radical (unpaired) electrons. The molecule has 0 aliphatic carbocycles. The molecule has 0 aliphatic heterocycles. The normalized spacial score (nSPS) is 13.3. The zero-order chi connectivity index (χ0) is 8.43. The van der Waals surface area contributed by atoms with Crippen molar-refractivity contribution in [3.8, 4) is 0 Å². The standard InChI is InChI=1S/C6H13N5/c1-3-4(2)11-6(8)9-5(7)10-11/h4H,3H2,1-2H3,(H4,7,8,9,10)/t4-/m0/s1. The van der Waals surface area contributed by atoms with E-state index in [4.69, 9.17) is 11.5 Å². The zero-order valence-corrected chi connectivity index (χ0v) is 6.78. The SMILES string of the molecule is CC[C@H](C)n1nc(N)nc1N. The molecule has 0 aromatic carbocycles. The highest BCUT2D eigenvalue weighted by molar-refractivity contribution is 5.26. The van der Waals surface area contributed by atoms with Gasteiger partial charge in [0.25, 0.3) is 0 Å². The van der Waals surface area contributed by atoms with Crippen molar-refractivity contribution in [1.82, 2.24) is 14.8 Å². The lowest BCUT2D eigenvalue weighted by Crippen LogP contribution is -2.09. The number of hydrogen-bond donors (Lipinski definition) is 2. The van der Waals surface area contributed by atoms with Gasteiger partial charge in [-0.1, -0.05) is 6.92 Å². The van der Waals surface area contributed by atoms with Crippen LogP contribution < -0.4 is 11.5 Å². The first kappa shape index (κ1) is 7.84. The molecule has 0 bridgehead atoms. The molecule has 1 atom stereocenters. The fourth-order valence-electron chi connectivity index (χ4n) is 0.850. The highest BCUT2D eigenvalue weighted by atomic mass is 15.4. The number of nitrogens with two attached hydrogens (primary N) is 2. The number of anilines is 2. The molecule has 5 nitrogen and oxygen atoms in total. The highest BCUT2D eigenvalue weighted by Crippen LogP contribution is 2.13. The van der Waals surface area contributed by atoms with Gasteiger partial charge in [0.2, 0.25) is 11.9 Å². The minimum atomic E-state index is 0.239. The van der Waals surface area contributed by atoms with Gasteiger partial charge in [0.15, 0.2) is 0 Å². The molecule has 0 saturated heterocycles. The van der Waals surface area contributed by atoms with Crippen molar-refractivity contribution >= 4 is 11.9 Å². The average Bonchev–Trinajstić information content (AvgIpc) is 2.28. The van der Waals surface area contributed by atoms with E-state index in [1.165, 1.54) is 0 Å². The summed E-state index contributed by atoms with van der Waals surface area (Å²) < 4.78 is 1.63. The highest BCUT2D eigenvalue weighted by Gasteiger charge is 2.08. The van der Waals surface area contributed by atoms with Crippen molar-refractivity contribution in [2.75, 3.05) is 11.5 Å². The third-order valence-corrected chi connectivity index (χ3v) is 1.68. The Balaban J connectivity index is 2.93. The van der Waals surface area contributed by atoms with Gasteiger partial charge in [-0.05, 0) is 13.3 Å². The largest absolute Gasteiger partial charge is 0.368 e. The van der Waals surface area contributed by atoms with Gasteiger partial charge < -0.3 is 11.5 Å². The maximum atomic E-state index is 5.53. The van der Waals surface area contributed by atoms with Crippen molar-refractivity contribution < 1.29 is 0 Å². The van der Waals surface area contributed by atoms with Crippen molar-refractivity contribution in [1.29, 1.82) is 0 Å². The third kappa shape index (κ3) is 1.42. The van der Waals surface area contributed by atoms with Crippen LogP contribution in [0.1, 0.15) is 26.3 Å². The Morgan fingerprint density at radius 2 is 2.18 bits per heavy atom. The Kier molecular flexibility index (Phi) is 1.98. The molecule has 1 heterocycles. The molecule has 1 aromatic heterocycles. The summed E-state index contributed by atoms with van der Waals surface area (Å²) >= 11 is 0. The van der Waals surface area contributed by atoms with Gasteiger partial charge in [-0.25, -0.2) is 4.68 Å². The first-order valence-corrected chi connectivity index (χ1v) is 3.62. The van der Waals surface area contributed by atoms with Crippen LogP contribution in [-0.4, -0.2) is 14.8 Å². The second kappa shape index (κ2) is 2.77. The van der Waals surface area contributed by atoms with Gasteiger partial charge >= 0.3 is 0 Å². The van der Waals surface area contributed by atoms with E-state index in [1.54, 1.807) is 4.68 Å². The van der Waals surface area contributed by atoms with E-state index in [9.17, 15) is 0 Å². The summed E-state index contributed by atoms with van der Waals surface area (Å²) in [6, 6.07) is 0.264. The molecule has 0 amide bonds. The van der Waals surface area contributed by atoms with Crippen molar-refractivity contribution in [3.63, 3.8) is 0 Å². The molecular formula is C6H13N5. The average molecular weight is 155 g/mol. The molecule has 4 N–H and O–H groups in total. The lowest BCUT2D eigenvalue weighted by molar-refractivity contribution is 0.485. The number of rotatable bonds is 2. The van der Waals surface area contributed by atoms with E-state index >= 15 is 0 Å². The Bertz CT molecular complexity index is 241. The van der Waals surface area contributed by atoms with Gasteiger partial charge in [0, 0.05) is 0 Å². The van der Waals surface area contributed by atoms with Gasteiger partial charge in [-0.2, -0.15) is 4.98 Å². The molecule has 0 spiro atoms. The van der Waals surface area contributed by atoms with Crippen LogP contribution in [0.3, 0.4) is 0 Å². The van der Waals surface area contributed by atoms with E-state index in [0.29, 0.717) is 5.95 Å². The number of nitrogen functional groups attached to an aromatic ring is 2. The van der Waals surface area contributed by atoms with Crippen LogP contribution in [0, 0.1) is 0 Å².